The van der Waals surface area contributed by atoms with E-state index >= 15 is 0 Å². The number of benzene rings is 2. The summed E-state index contributed by atoms with van der Waals surface area (Å²) < 4.78 is 45.8. The Labute approximate surface area is 157 Å². The van der Waals surface area contributed by atoms with Crippen LogP contribution in [0.4, 0.5) is 4.39 Å². The minimum absolute atomic E-state index is 0.0801. The first-order valence-corrected chi connectivity index (χ1v) is 10.1. The molecule has 2 N–H and O–H groups in total. The number of aromatic amines is 1. The Balaban J connectivity index is 1.69. The maximum Gasteiger partial charge on any atom is 0.216 e. The van der Waals surface area contributed by atoms with Crippen LogP contribution >= 0.6 is 0 Å². The maximum absolute atomic E-state index is 13.2. The first-order valence-electron chi connectivity index (χ1n) is 8.44. The molecule has 142 valence electrons. The Bertz CT molecular complexity index is 1000. The molecule has 1 aromatic heterocycles. The zero-order chi connectivity index (χ0) is 19.3. The molecule has 0 amide bonds. The third kappa shape index (κ3) is 5.15. The van der Waals surface area contributed by atoms with Gasteiger partial charge in [-0.3, -0.25) is 5.10 Å². The van der Waals surface area contributed by atoms with Crippen molar-refractivity contribution in [3.63, 3.8) is 0 Å². The van der Waals surface area contributed by atoms with E-state index in [1.807, 2.05) is 31.2 Å². The molecule has 0 aliphatic heterocycles. The Morgan fingerprint density at radius 2 is 1.96 bits per heavy atom. The number of aromatic nitrogens is 2. The summed E-state index contributed by atoms with van der Waals surface area (Å²) in [6, 6.07) is 13.0. The molecule has 0 aliphatic carbocycles. The summed E-state index contributed by atoms with van der Waals surface area (Å²) >= 11 is 0. The summed E-state index contributed by atoms with van der Waals surface area (Å²) in [6.45, 7) is 2.58. The monoisotopic (exact) mass is 389 g/mol. The fourth-order valence-corrected chi connectivity index (χ4v) is 3.76. The summed E-state index contributed by atoms with van der Waals surface area (Å²) in [4.78, 5) is 0. The van der Waals surface area contributed by atoms with Crippen molar-refractivity contribution in [2.75, 3.05) is 6.61 Å². The predicted octanol–water partition coefficient (Wildman–Crippen LogP) is 3.23. The largest absolute Gasteiger partial charge is 0.494 e. The van der Waals surface area contributed by atoms with Crippen LogP contribution < -0.4 is 9.46 Å². The second-order valence-corrected chi connectivity index (χ2v) is 7.74. The van der Waals surface area contributed by atoms with Crippen molar-refractivity contribution >= 4 is 10.0 Å². The van der Waals surface area contributed by atoms with E-state index in [0.29, 0.717) is 17.7 Å². The number of H-pyrrole nitrogens is 1. The van der Waals surface area contributed by atoms with Crippen molar-refractivity contribution in [3.05, 3.63) is 71.7 Å². The molecule has 0 spiro atoms. The minimum atomic E-state index is -3.62. The average Bonchev–Trinajstić information content (AvgIpc) is 3.09. The molecule has 0 fully saturated rings. The molecule has 0 saturated carbocycles. The highest BCUT2D eigenvalue weighted by atomic mass is 32.2. The molecule has 0 bridgehead atoms. The third-order valence-corrected chi connectivity index (χ3v) is 5.20. The van der Waals surface area contributed by atoms with Crippen LogP contribution in [0.3, 0.4) is 0 Å². The predicted molar refractivity (Wildman–Crippen MR) is 101 cm³/mol. The zero-order valence-electron chi connectivity index (χ0n) is 14.8. The molecule has 0 atom stereocenters. The molecule has 6 nitrogen and oxygen atoms in total. The lowest BCUT2D eigenvalue weighted by Crippen LogP contribution is -2.24. The van der Waals surface area contributed by atoms with Crippen molar-refractivity contribution in [2.45, 2.75) is 19.2 Å². The van der Waals surface area contributed by atoms with Crippen molar-refractivity contribution in [1.29, 1.82) is 0 Å². The Kier molecular flexibility index (Phi) is 5.88. The first kappa shape index (κ1) is 19.1. The fraction of sp³-hybridized carbons (Fsp3) is 0.211. The number of hydrogen-bond donors (Lipinski definition) is 2. The Morgan fingerprint density at radius 1 is 1.19 bits per heavy atom. The van der Waals surface area contributed by atoms with E-state index in [1.165, 1.54) is 18.2 Å². The highest BCUT2D eigenvalue weighted by Gasteiger charge is 2.15. The highest BCUT2D eigenvalue weighted by molar-refractivity contribution is 7.88. The number of nitrogens with zero attached hydrogens (tertiary/aromatic N) is 1. The smallest absolute Gasteiger partial charge is 0.216 e. The van der Waals surface area contributed by atoms with Crippen LogP contribution in [0.2, 0.25) is 0 Å². The average molecular weight is 389 g/mol. The number of sulfonamides is 1. The van der Waals surface area contributed by atoms with Gasteiger partial charge in [-0.25, -0.2) is 17.5 Å². The van der Waals surface area contributed by atoms with Gasteiger partial charge in [0.25, 0.3) is 0 Å². The second kappa shape index (κ2) is 8.32. The van der Waals surface area contributed by atoms with Crippen LogP contribution in [0.1, 0.15) is 18.1 Å². The van der Waals surface area contributed by atoms with Gasteiger partial charge in [0.05, 0.1) is 24.3 Å². The molecule has 3 rings (SSSR count). The lowest BCUT2D eigenvalue weighted by molar-refractivity contribution is 0.340. The minimum Gasteiger partial charge on any atom is -0.494 e. The zero-order valence-corrected chi connectivity index (χ0v) is 15.6. The summed E-state index contributed by atoms with van der Waals surface area (Å²) in [5, 5.41) is 6.90. The van der Waals surface area contributed by atoms with E-state index in [1.54, 1.807) is 12.3 Å². The van der Waals surface area contributed by atoms with E-state index < -0.39 is 15.8 Å². The maximum atomic E-state index is 13.2. The first-order chi connectivity index (χ1) is 13.0. The highest BCUT2D eigenvalue weighted by Crippen LogP contribution is 2.24. The third-order valence-electron chi connectivity index (χ3n) is 3.90. The van der Waals surface area contributed by atoms with Gasteiger partial charge in [-0.05, 0) is 48.9 Å². The van der Waals surface area contributed by atoms with E-state index in [4.69, 9.17) is 4.74 Å². The molecule has 2 aromatic carbocycles. The second-order valence-electron chi connectivity index (χ2n) is 5.94. The van der Waals surface area contributed by atoms with Gasteiger partial charge in [0.2, 0.25) is 10.0 Å². The normalized spacial score (nSPS) is 11.5. The van der Waals surface area contributed by atoms with E-state index in [0.717, 1.165) is 17.0 Å². The van der Waals surface area contributed by atoms with Crippen molar-refractivity contribution in [1.82, 2.24) is 14.9 Å². The van der Waals surface area contributed by atoms with Gasteiger partial charge in [-0.2, -0.15) is 5.10 Å². The number of hydrogen-bond acceptors (Lipinski definition) is 4. The number of halogens is 1. The molecule has 0 aliphatic rings. The molecular weight excluding hydrogens is 369 g/mol. The molecule has 27 heavy (non-hydrogen) atoms. The molecule has 0 saturated heterocycles. The van der Waals surface area contributed by atoms with Gasteiger partial charge < -0.3 is 4.74 Å². The Morgan fingerprint density at radius 3 is 2.67 bits per heavy atom. The molecule has 1 heterocycles. The van der Waals surface area contributed by atoms with Crippen LogP contribution in [-0.4, -0.2) is 25.2 Å². The van der Waals surface area contributed by atoms with Crippen LogP contribution in [0.5, 0.6) is 5.75 Å². The molecule has 3 aromatic rings. The van der Waals surface area contributed by atoms with Gasteiger partial charge in [-0.15, -0.1) is 0 Å². The quantitative estimate of drug-likeness (QED) is 0.620. The van der Waals surface area contributed by atoms with E-state index in [9.17, 15) is 12.8 Å². The van der Waals surface area contributed by atoms with Gasteiger partial charge in [0.15, 0.2) is 0 Å². The standard InChI is InChI=1S/C19H20FN3O3S/c1-2-26-18-8-6-15(7-9-18)19-16(11-21-23-19)12-22-27(24,25)13-14-4-3-5-17(20)10-14/h3-11,22H,2,12-13H2,1H3,(H,21,23). The van der Waals surface area contributed by atoms with Crippen molar-refractivity contribution in [2.24, 2.45) is 0 Å². The molecule has 0 radical (unpaired) electrons. The number of nitrogens with one attached hydrogen (secondary N) is 2. The summed E-state index contributed by atoms with van der Waals surface area (Å²) in [5.41, 5.74) is 2.70. The van der Waals surface area contributed by atoms with Crippen LogP contribution in [0.15, 0.2) is 54.7 Å². The fourth-order valence-electron chi connectivity index (χ4n) is 2.66. The lowest BCUT2D eigenvalue weighted by Gasteiger charge is -2.08. The number of ether oxygens (including phenoxy) is 1. The SMILES string of the molecule is CCOc1ccc(-c2[nH]ncc2CNS(=O)(=O)Cc2cccc(F)c2)cc1. The topological polar surface area (TPSA) is 84.1 Å². The van der Waals surface area contributed by atoms with Crippen molar-refractivity contribution in [3.8, 4) is 17.0 Å². The Hall–Kier alpha value is -2.71. The van der Waals surface area contributed by atoms with Gasteiger partial charge in [-0.1, -0.05) is 12.1 Å². The number of rotatable bonds is 8. The van der Waals surface area contributed by atoms with Gasteiger partial charge in [0.1, 0.15) is 11.6 Å². The lowest BCUT2D eigenvalue weighted by atomic mass is 10.1. The summed E-state index contributed by atoms with van der Waals surface area (Å²) in [7, 11) is -3.62. The van der Waals surface area contributed by atoms with Crippen molar-refractivity contribution < 1.29 is 17.5 Å². The van der Waals surface area contributed by atoms with Gasteiger partial charge >= 0.3 is 0 Å². The molecule has 0 unspecified atom stereocenters. The van der Waals surface area contributed by atoms with E-state index in [2.05, 4.69) is 14.9 Å². The van der Waals surface area contributed by atoms with Crippen LogP contribution in [-0.2, 0) is 22.3 Å². The van der Waals surface area contributed by atoms with Gasteiger partial charge in [0, 0.05) is 17.7 Å². The molecule has 8 heteroatoms. The van der Waals surface area contributed by atoms with Crippen LogP contribution in [0, 0.1) is 5.82 Å². The summed E-state index contributed by atoms with van der Waals surface area (Å²) in [5.74, 6) is 0.00880. The van der Waals surface area contributed by atoms with Crippen LogP contribution in [0.25, 0.3) is 11.3 Å². The summed E-state index contributed by atoms with van der Waals surface area (Å²) in [6.07, 6.45) is 1.58. The van der Waals surface area contributed by atoms with E-state index in [-0.39, 0.29) is 12.3 Å². The molecular formula is C19H20FN3O3S.